The third-order valence-corrected chi connectivity index (χ3v) is 3.55. The zero-order valence-corrected chi connectivity index (χ0v) is 11.3. The maximum absolute atomic E-state index is 10.8. The number of rotatable bonds is 5. The molecule has 0 aromatic heterocycles. The molecular formula is C13H19N3O3. The van der Waals surface area contributed by atoms with E-state index in [4.69, 9.17) is 4.74 Å². The molecule has 6 heteroatoms. The van der Waals surface area contributed by atoms with Crippen LogP contribution in [-0.4, -0.2) is 43.1 Å². The van der Waals surface area contributed by atoms with E-state index in [-0.39, 0.29) is 10.6 Å². The Bertz CT molecular complexity index is 464. The highest BCUT2D eigenvalue weighted by molar-refractivity contribution is 5.43. The van der Waals surface area contributed by atoms with Gasteiger partial charge in [-0.2, -0.15) is 0 Å². The SMILES string of the molecule is CNC1CCN(Cc2cc([N+](=O)[O-])ccc2OC)C1. The van der Waals surface area contributed by atoms with Crippen molar-refractivity contribution in [2.24, 2.45) is 0 Å². The van der Waals surface area contributed by atoms with Crippen LogP contribution in [0.2, 0.25) is 0 Å². The Morgan fingerprint density at radius 2 is 2.37 bits per heavy atom. The zero-order chi connectivity index (χ0) is 13.8. The number of methoxy groups -OCH3 is 1. The molecule has 1 aromatic rings. The van der Waals surface area contributed by atoms with Gasteiger partial charge < -0.3 is 10.1 Å². The van der Waals surface area contributed by atoms with E-state index >= 15 is 0 Å². The van der Waals surface area contributed by atoms with Crippen molar-refractivity contribution in [1.29, 1.82) is 0 Å². The van der Waals surface area contributed by atoms with Crippen molar-refractivity contribution in [1.82, 2.24) is 10.2 Å². The van der Waals surface area contributed by atoms with Gasteiger partial charge in [0, 0.05) is 43.4 Å². The van der Waals surface area contributed by atoms with Crippen molar-refractivity contribution in [2.45, 2.75) is 19.0 Å². The molecule has 1 unspecified atom stereocenters. The first-order valence-corrected chi connectivity index (χ1v) is 6.35. The van der Waals surface area contributed by atoms with Gasteiger partial charge in [0.05, 0.1) is 12.0 Å². The van der Waals surface area contributed by atoms with E-state index in [2.05, 4.69) is 10.2 Å². The van der Waals surface area contributed by atoms with Gasteiger partial charge in [-0.15, -0.1) is 0 Å². The van der Waals surface area contributed by atoms with E-state index < -0.39 is 0 Å². The number of ether oxygens (including phenoxy) is 1. The van der Waals surface area contributed by atoms with Gasteiger partial charge in [0.25, 0.3) is 5.69 Å². The summed E-state index contributed by atoms with van der Waals surface area (Å²) in [6, 6.07) is 5.25. The summed E-state index contributed by atoms with van der Waals surface area (Å²) in [6.45, 7) is 2.64. The fraction of sp³-hybridized carbons (Fsp3) is 0.538. The molecule has 1 aliphatic heterocycles. The van der Waals surface area contributed by atoms with Crippen LogP contribution in [0.1, 0.15) is 12.0 Å². The van der Waals surface area contributed by atoms with Crippen molar-refractivity contribution >= 4 is 5.69 Å². The number of nitrogens with zero attached hydrogens (tertiary/aromatic N) is 2. The molecule has 0 saturated carbocycles. The lowest BCUT2D eigenvalue weighted by Gasteiger charge is -2.17. The van der Waals surface area contributed by atoms with Gasteiger partial charge in [0.15, 0.2) is 0 Å². The van der Waals surface area contributed by atoms with Crippen LogP contribution in [0.15, 0.2) is 18.2 Å². The average Bonchev–Trinajstić information content (AvgIpc) is 2.86. The van der Waals surface area contributed by atoms with Crippen LogP contribution in [0.25, 0.3) is 0 Å². The molecule has 1 saturated heterocycles. The maximum Gasteiger partial charge on any atom is 0.270 e. The minimum Gasteiger partial charge on any atom is -0.496 e. The summed E-state index contributed by atoms with van der Waals surface area (Å²) in [4.78, 5) is 12.7. The molecule has 6 nitrogen and oxygen atoms in total. The molecule has 1 aromatic carbocycles. The van der Waals surface area contributed by atoms with Crippen LogP contribution in [0.4, 0.5) is 5.69 Å². The van der Waals surface area contributed by atoms with Gasteiger partial charge in [-0.1, -0.05) is 0 Å². The first-order chi connectivity index (χ1) is 9.13. The summed E-state index contributed by atoms with van der Waals surface area (Å²) in [6.07, 6.45) is 1.10. The summed E-state index contributed by atoms with van der Waals surface area (Å²) in [5.41, 5.74) is 0.980. The van der Waals surface area contributed by atoms with Gasteiger partial charge in [-0.05, 0) is 19.5 Å². The third kappa shape index (κ3) is 3.21. The first kappa shape index (κ1) is 13.8. The molecule has 1 heterocycles. The summed E-state index contributed by atoms with van der Waals surface area (Å²) >= 11 is 0. The van der Waals surface area contributed by atoms with Crippen molar-refractivity contribution in [3.8, 4) is 5.75 Å². The Kier molecular flexibility index (Phi) is 4.34. The lowest BCUT2D eigenvalue weighted by molar-refractivity contribution is -0.384. The second-order valence-corrected chi connectivity index (χ2v) is 4.76. The molecule has 19 heavy (non-hydrogen) atoms. The van der Waals surface area contributed by atoms with E-state index in [9.17, 15) is 10.1 Å². The third-order valence-electron chi connectivity index (χ3n) is 3.55. The highest BCUT2D eigenvalue weighted by Crippen LogP contribution is 2.26. The normalized spacial score (nSPS) is 19.6. The number of nitro benzene ring substituents is 1. The van der Waals surface area contributed by atoms with E-state index in [1.165, 1.54) is 6.07 Å². The second-order valence-electron chi connectivity index (χ2n) is 4.76. The summed E-state index contributed by atoms with van der Waals surface area (Å²) in [5.74, 6) is 0.707. The monoisotopic (exact) mass is 265 g/mol. The summed E-state index contributed by atoms with van der Waals surface area (Å²) in [7, 11) is 3.55. The second kappa shape index (κ2) is 5.99. The van der Waals surface area contributed by atoms with E-state index in [1.807, 2.05) is 7.05 Å². The fourth-order valence-electron chi connectivity index (χ4n) is 2.45. The van der Waals surface area contributed by atoms with E-state index in [0.29, 0.717) is 18.3 Å². The molecule has 2 rings (SSSR count). The molecule has 0 aliphatic carbocycles. The van der Waals surface area contributed by atoms with E-state index in [1.54, 1.807) is 19.2 Å². The number of non-ortho nitro benzene ring substituents is 1. The number of nitro groups is 1. The van der Waals surface area contributed by atoms with Crippen molar-refractivity contribution in [2.75, 3.05) is 27.2 Å². The number of hydrogen-bond donors (Lipinski definition) is 1. The molecule has 1 N–H and O–H groups in total. The van der Waals surface area contributed by atoms with Crippen molar-refractivity contribution < 1.29 is 9.66 Å². The maximum atomic E-state index is 10.8. The van der Waals surface area contributed by atoms with Crippen molar-refractivity contribution in [3.05, 3.63) is 33.9 Å². The van der Waals surface area contributed by atoms with Crippen LogP contribution >= 0.6 is 0 Å². The minimum absolute atomic E-state index is 0.111. The van der Waals surface area contributed by atoms with Crippen LogP contribution < -0.4 is 10.1 Å². The van der Waals surface area contributed by atoms with Gasteiger partial charge in [0.2, 0.25) is 0 Å². The fourth-order valence-corrected chi connectivity index (χ4v) is 2.45. The molecule has 1 fully saturated rings. The summed E-state index contributed by atoms with van der Waals surface area (Å²) < 4.78 is 5.28. The molecule has 0 amide bonds. The van der Waals surface area contributed by atoms with E-state index in [0.717, 1.165) is 25.1 Å². The molecule has 1 aliphatic rings. The molecule has 0 bridgehead atoms. The largest absolute Gasteiger partial charge is 0.496 e. The Hall–Kier alpha value is -1.66. The number of nitrogens with one attached hydrogen (secondary N) is 1. The zero-order valence-electron chi connectivity index (χ0n) is 11.3. The van der Waals surface area contributed by atoms with Gasteiger partial charge in [-0.3, -0.25) is 15.0 Å². The average molecular weight is 265 g/mol. The Morgan fingerprint density at radius 1 is 1.58 bits per heavy atom. The van der Waals surface area contributed by atoms with Crippen LogP contribution in [0, 0.1) is 10.1 Å². The predicted octanol–water partition coefficient (Wildman–Crippen LogP) is 1.40. The lowest BCUT2D eigenvalue weighted by Crippen LogP contribution is -2.29. The minimum atomic E-state index is -0.372. The predicted molar refractivity (Wildman–Crippen MR) is 72.4 cm³/mol. The molecule has 0 radical (unpaired) electrons. The Labute approximate surface area is 112 Å². The van der Waals surface area contributed by atoms with Crippen LogP contribution in [-0.2, 0) is 6.54 Å². The van der Waals surface area contributed by atoms with Crippen LogP contribution in [0.5, 0.6) is 5.75 Å². The Balaban J connectivity index is 2.14. The summed E-state index contributed by atoms with van der Waals surface area (Å²) in [5, 5.41) is 14.1. The first-order valence-electron chi connectivity index (χ1n) is 6.35. The smallest absolute Gasteiger partial charge is 0.270 e. The van der Waals surface area contributed by atoms with Crippen molar-refractivity contribution in [3.63, 3.8) is 0 Å². The van der Waals surface area contributed by atoms with Gasteiger partial charge in [0.1, 0.15) is 5.75 Å². The number of likely N-dealkylation sites (N-methyl/N-ethyl adjacent to an activating group) is 1. The molecule has 0 spiro atoms. The van der Waals surface area contributed by atoms with Gasteiger partial charge >= 0.3 is 0 Å². The number of likely N-dealkylation sites (tertiary alicyclic amines) is 1. The molecular weight excluding hydrogens is 246 g/mol. The quantitative estimate of drug-likeness (QED) is 0.644. The standard InChI is InChI=1S/C13H19N3O3/c1-14-11-5-6-15(9-11)8-10-7-12(16(17)18)3-4-13(10)19-2/h3-4,7,11,14H,5-6,8-9H2,1-2H3. The topological polar surface area (TPSA) is 67.6 Å². The number of hydrogen-bond acceptors (Lipinski definition) is 5. The highest BCUT2D eigenvalue weighted by Gasteiger charge is 2.22. The molecule has 1 atom stereocenters. The molecule has 104 valence electrons. The Morgan fingerprint density at radius 3 is 2.95 bits per heavy atom. The van der Waals surface area contributed by atoms with Crippen LogP contribution in [0.3, 0.4) is 0 Å². The highest BCUT2D eigenvalue weighted by atomic mass is 16.6. The number of benzene rings is 1. The van der Waals surface area contributed by atoms with Gasteiger partial charge in [-0.25, -0.2) is 0 Å². The lowest BCUT2D eigenvalue weighted by atomic mass is 10.1.